The highest BCUT2D eigenvalue weighted by molar-refractivity contribution is 5.89. The summed E-state index contributed by atoms with van der Waals surface area (Å²) in [6.07, 6.45) is 3.59. The SMILES string of the molecule is O=C(NCCc1cccc(F)c1F)Nc1cccc(OCc2cccnc2)c1. The number of nitrogens with one attached hydrogen (secondary N) is 2. The number of hydrogen-bond donors (Lipinski definition) is 2. The normalized spacial score (nSPS) is 10.4. The van der Waals surface area contributed by atoms with E-state index in [4.69, 9.17) is 4.74 Å². The summed E-state index contributed by atoms with van der Waals surface area (Å²) in [4.78, 5) is 16.0. The first-order valence-corrected chi connectivity index (χ1v) is 8.71. The quantitative estimate of drug-likeness (QED) is 0.639. The van der Waals surface area contributed by atoms with Crippen LogP contribution in [0.25, 0.3) is 0 Å². The molecular weight excluding hydrogens is 364 g/mol. The number of nitrogens with zero attached hydrogens (tertiary/aromatic N) is 1. The monoisotopic (exact) mass is 383 g/mol. The van der Waals surface area contributed by atoms with E-state index >= 15 is 0 Å². The topological polar surface area (TPSA) is 63.2 Å². The van der Waals surface area contributed by atoms with E-state index in [1.807, 2.05) is 12.1 Å². The Morgan fingerprint density at radius 1 is 1.07 bits per heavy atom. The van der Waals surface area contributed by atoms with Gasteiger partial charge in [0.1, 0.15) is 12.4 Å². The number of aromatic nitrogens is 1. The second kappa shape index (κ2) is 9.45. The Bertz CT molecular complexity index is 936. The molecule has 0 atom stereocenters. The lowest BCUT2D eigenvalue weighted by Crippen LogP contribution is -2.30. The molecule has 0 aliphatic rings. The standard InChI is InChI=1S/C21H19F2N3O2/c22-19-8-1-5-16(20(19)23)9-11-25-21(27)26-17-6-2-7-18(12-17)28-14-15-4-3-10-24-13-15/h1-8,10,12-13H,9,11,14H2,(H2,25,26,27). The Labute approximate surface area is 161 Å². The first-order valence-electron chi connectivity index (χ1n) is 8.71. The molecule has 0 aliphatic carbocycles. The van der Waals surface area contributed by atoms with Gasteiger partial charge in [0.15, 0.2) is 11.6 Å². The van der Waals surface area contributed by atoms with Crippen LogP contribution in [0.2, 0.25) is 0 Å². The predicted molar refractivity (Wildman–Crippen MR) is 102 cm³/mol. The van der Waals surface area contributed by atoms with Crippen LogP contribution in [0.15, 0.2) is 67.0 Å². The van der Waals surface area contributed by atoms with Gasteiger partial charge in [0, 0.05) is 36.3 Å². The van der Waals surface area contributed by atoms with Crippen LogP contribution in [0.4, 0.5) is 19.3 Å². The van der Waals surface area contributed by atoms with Gasteiger partial charge in [-0.3, -0.25) is 4.98 Å². The van der Waals surface area contributed by atoms with E-state index in [9.17, 15) is 13.6 Å². The lowest BCUT2D eigenvalue weighted by Gasteiger charge is -2.10. The minimum Gasteiger partial charge on any atom is -0.489 e. The van der Waals surface area contributed by atoms with Gasteiger partial charge in [0.25, 0.3) is 0 Å². The maximum Gasteiger partial charge on any atom is 0.319 e. The minimum atomic E-state index is -0.898. The van der Waals surface area contributed by atoms with E-state index in [2.05, 4.69) is 15.6 Å². The lowest BCUT2D eigenvalue weighted by atomic mass is 10.1. The van der Waals surface area contributed by atoms with Crippen molar-refractivity contribution in [3.05, 3.63) is 89.8 Å². The Hall–Kier alpha value is -3.48. The highest BCUT2D eigenvalue weighted by atomic mass is 19.2. The van der Waals surface area contributed by atoms with E-state index in [1.165, 1.54) is 12.1 Å². The van der Waals surface area contributed by atoms with Gasteiger partial charge in [-0.15, -0.1) is 0 Å². The third-order valence-corrected chi connectivity index (χ3v) is 3.93. The molecule has 2 N–H and O–H groups in total. The molecule has 0 aliphatic heterocycles. The number of pyridine rings is 1. The maximum absolute atomic E-state index is 13.6. The van der Waals surface area contributed by atoms with Gasteiger partial charge in [-0.25, -0.2) is 13.6 Å². The molecule has 0 spiro atoms. The molecule has 1 aromatic heterocycles. The van der Waals surface area contributed by atoms with E-state index < -0.39 is 17.7 Å². The van der Waals surface area contributed by atoms with E-state index in [0.29, 0.717) is 18.0 Å². The molecule has 3 aromatic rings. The third kappa shape index (κ3) is 5.51. The van der Waals surface area contributed by atoms with Crippen molar-refractivity contribution < 1.29 is 18.3 Å². The third-order valence-electron chi connectivity index (χ3n) is 3.93. The minimum absolute atomic E-state index is 0.170. The zero-order valence-electron chi connectivity index (χ0n) is 15.0. The number of benzene rings is 2. The average Bonchev–Trinajstić information content (AvgIpc) is 2.71. The molecule has 28 heavy (non-hydrogen) atoms. The van der Waals surface area contributed by atoms with Gasteiger partial charge in [0.05, 0.1) is 0 Å². The highest BCUT2D eigenvalue weighted by Gasteiger charge is 2.08. The Morgan fingerprint density at radius 3 is 2.75 bits per heavy atom. The number of carbonyl (C=O) groups is 1. The van der Waals surface area contributed by atoms with E-state index in [-0.39, 0.29) is 18.5 Å². The molecule has 0 fully saturated rings. The van der Waals surface area contributed by atoms with E-state index in [1.54, 1.807) is 36.7 Å². The van der Waals surface area contributed by atoms with Crippen LogP contribution >= 0.6 is 0 Å². The number of hydrogen-bond acceptors (Lipinski definition) is 3. The van der Waals surface area contributed by atoms with Gasteiger partial charge in [0.2, 0.25) is 0 Å². The van der Waals surface area contributed by atoms with Crippen LogP contribution in [-0.2, 0) is 13.0 Å². The molecule has 2 amide bonds. The van der Waals surface area contributed by atoms with Crippen molar-refractivity contribution in [1.82, 2.24) is 10.3 Å². The predicted octanol–water partition coefficient (Wildman–Crippen LogP) is 4.30. The summed E-state index contributed by atoms with van der Waals surface area (Å²) in [5.41, 5.74) is 1.70. The highest BCUT2D eigenvalue weighted by Crippen LogP contribution is 2.18. The number of carbonyl (C=O) groups excluding carboxylic acids is 1. The largest absolute Gasteiger partial charge is 0.489 e. The van der Waals surface area contributed by atoms with Crippen LogP contribution in [0, 0.1) is 11.6 Å². The summed E-state index contributed by atoms with van der Waals surface area (Å²) in [5.74, 6) is -1.18. The molecule has 144 valence electrons. The first kappa shape index (κ1) is 19.3. The molecular formula is C21H19F2N3O2. The van der Waals surface area contributed by atoms with Gasteiger partial charge in [-0.05, 0) is 36.2 Å². The van der Waals surface area contributed by atoms with Crippen molar-refractivity contribution in [3.63, 3.8) is 0 Å². The number of rotatable bonds is 7. The van der Waals surface area contributed by atoms with E-state index in [0.717, 1.165) is 11.6 Å². The summed E-state index contributed by atoms with van der Waals surface area (Å²) in [6.45, 7) is 0.534. The zero-order valence-corrected chi connectivity index (χ0v) is 15.0. The van der Waals surface area contributed by atoms with Gasteiger partial charge in [-0.1, -0.05) is 24.3 Å². The Morgan fingerprint density at radius 2 is 1.93 bits per heavy atom. The van der Waals surface area contributed by atoms with Gasteiger partial charge < -0.3 is 15.4 Å². The van der Waals surface area contributed by atoms with Crippen LogP contribution in [0.1, 0.15) is 11.1 Å². The number of amides is 2. The van der Waals surface area contributed by atoms with Crippen molar-refractivity contribution in [2.24, 2.45) is 0 Å². The van der Waals surface area contributed by atoms with Gasteiger partial charge in [-0.2, -0.15) is 0 Å². The number of halogens is 2. The molecule has 3 rings (SSSR count). The average molecular weight is 383 g/mol. The molecule has 5 nitrogen and oxygen atoms in total. The summed E-state index contributed by atoms with van der Waals surface area (Å²) in [6, 6.07) is 14.2. The van der Waals surface area contributed by atoms with Crippen LogP contribution < -0.4 is 15.4 Å². The fraction of sp³-hybridized carbons (Fsp3) is 0.143. The number of ether oxygens (including phenoxy) is 1. The number of urea groups is 1. The van der Waals surface area contributed by atoms with Crippen molar-refractivity contribution in [1.29, 1.82) is 0 Å². The Kier molecular flexibility index (Phi) is 6.51. The second-order valence-electron chi connectivity index (χ2n) is 6.02. The number of anilines is 1. The second-order valence-corrected chi connectivity index (χ2v) is 6.02. The van der Waals surface area contributed by atoms with Crippen LogP contribution in [-0.4, -0.2) is 17.6 Å². The summed E-state index contributed by atoms with van der Waals surface area (Å²) in [7, 11) is 0. The fourth-order valence-electron chi connectivity index (χ4n) is 2.54. The molecule has 1 heterocycles. The fourth-order valence-corrected chi connectivity index (χ4v) is 2.54. The molecule has 7 heteroatoms. The molecule has 0 radical (unpaired) electrons. The summed E-state index contributed by atoms with van der Waals surface area (Å²) < 4.78 is 32.5. The first-order chi connectivity index (χ1) is 13.6. The Balaban J connectivity index is 1.48. The van der Waals surface area contributed by atoms with Crippen LogP contribution in [0.3, 0.4) is 0 Å². The molecule has 0 unspecified atom stereocenters. The molecule has 0 saturated heterocycles. The van der Waals surface area contributed by atoms with Crippen molar-refractivity contribution in [3.8, 4) is 5.75 Å². The van der Waals surface area contributed by atoms with Crippen LogP contribution in [0.5, 0.6) is 5.75 Å². The molecule has 2 aromatic carbocycles. The maximum atomic E-state index is 13.6. The van der Waals surface area contributed by atoms with Crippen molar-refractivity contribution in [2.75, 3.05) is 11.9 Å². The molecule has 0 bridgehead atoms. The zero-order chi connectivity index (χ0) is 19.8. The smallest absolute Gasteiger partial charge is 0.319 e. The van der Waals surface area contributed by atoms with Crippen molar-refractivity contribution >= 4 is 11.7 Å². The van der Waals surface area contributed by atoms with Gasteiger partial charge >= 0.3 is 6.03 Å². The molecule has 0 saturated carbocycles. The van der Waals surface area contributed by atoms with Crippen molar-refractivity contribution in [2.45, 2.75) is 13.0 Å². The lowest BCUT2D eigenvalue weighted by molar-refractivity contribution is 0.252. The summed E-state index contributed by atoms with van der Waals surface area (Å²) in [5, 5.41) is 5.30. The summed E-state index contributed by atoms with van der Waals surface area (Å²) >= 11 is 0.